The second-order valence-corrected chi connectivity index (χ2v) is 15.8. The van der Waals surface area contributed by atoms with E-state index in [1.165, 1.54) is 11.1 Å². The van der Waals surface area contributed by atoms with Crippen LogP contribution < -0.4 is 36.8 Å². The van der Waals surface area contributed by atoms with Crippen molar-refractivity contribution in [3.8, 4) is 11.8 Å². The van der Waals surface area contributed by atoms with Crippen LogP contribution in [0.4, 0.5) is 33.6 Å². The van der Waals surface area contributed by atoms with Gasteiger partial charge in [-0.25, -0.2) is 9.78 Å². The molecule has 17 nitrogen and oxygen atoms in total. The molecule has 4 aromatic rings. The van der Waals surface area contributed by atoms with Crippen molar-refractivity contribution >= 4 is 70.1 Å². The molecule has 2 fully saturated rings. The maximum atomic E-state index is 12.9. The Morgan fingerprint density at radius 1 is 0.938 bits per heavy atom. The smallest absolute Gasteiger partial charge is 0.317 e. The molecule has 0 bridgehead atoms. The highest BCUT2D eigenvalue weighted by atomic mass is 35.5. The molecule has 0 radical (unpaired) electrons. The number of halogens is 1. The van der Waals surface area contributed by atoms with Crippen molar-refractivity contribution in [3.05, 3.63) is 100 Å². The molecule has 6 N–H and O–H groups in total. The third-order valence-electron chi connectivity index (χ3n) is 11.0. The number of hydrogen-bond acceptors (Lipinski definition) is 12. The van der Waals surface area contributed by atoms with Gasteiger partial charge in [0, 0.05) is 101 Å². The van der Waals surface area contributed by atoms with E-state index in [9.17, 15) is 24.0 Å². The molecule has 0 saturated carbocycles. The number of carbonyl (C=O) groups is 5. The first-order valence-electron chi connectivity index (χ1n) is 21.5. The van der Waals surface area contributed by atoms with Crippen molar-refractivity contribution in [2.45, 2.75) is 44.7 Å². The predicted molar refractivity (Wildman–Crippen MR) is 244 cm³/mol. The van der Waals surface area contributed by atoms with Crippen molar-refractivity contribution < 1.29 is 28.7 Å². The molecule has 7 rings (SSSR count). The van der Waals surface area contributed by atoms with Crippen LogP contribution >= 0.6 is 11.6 Å². The summed E-state index contributed by atoms with van der Waals surface area (Å²) in [5.74, 6) is 5.90. The van der Waals surface area contributed by atoms with Gasteiger partial charge in [0.15, 0.2) is 5.82 Å². The van der Waals surface area contributed by atoms with Gasteiger partial charge in [-0.05, 0) is 86.0 Å². The van der Waals surface area contributed by atoms with Crippen LogP contribution in [0.3, 0.4) is 0 Å². The molecule has 1 unspecified atom stereocenters. The zero-order valence-electron chi connectivity index (χ0n) is 35.7. The van der Waals surface area contributed by atoms with Gasteiger partial charge in [0.05, 0.1) is 17.4 Å². The fourth-order valence-corrected chi connectivity index (χ4v) is 7.73. The van der Waals surface area contributed by atoms with Crippen molar-refractivity contribution in [2.24, 2.45) is 0 Å². The Balaban J connectivity index is 0.719. The Labute approximate surface area is 377 Å². The van der Waals surface area contributed by atoms with Gasteiger partial charge >= 0.3 is 6.03 Å². The second-order valence-electron chi connectivity index (χ2n) is 15.4. The number of rotatable bonds is 17. The van der Waals surface area contributed by atoms with Gasteiger partial charge in [0.2, 0.25) is 17.8 Å². The van der Waals surface area contributed by atoms with Gasteiger partial charge in [-0.1, -0.05) is 35.6 Å². The summed E-state index contributed by atoms with van der Waals surface area (Å²) in [4.78, 5) is 76.3. The molecule has 334 valence electrons. The number of piperidine rings is 1. The van der Waals surface area contributed by atoms with E-state index < -0.39 is 11.9 Å². The lowest BCUT2D eigenvalue weighted by atomic mass is 10.0. The lowest BCUT2D eigenvalue weighted by molar-refractivity contribution is -0.136. The van der Waals surface area contributed by atoms with Gasteiger partial charge < -0.3 is 46.0 Å². The first-order valence-corrected chi connectivity index (χ1v) is 21.8. The van der Waals surface area contributed by atoms with Crippen LogP contribution in [0.2, 0.25) is 5.02 Å². The Kier molecular flexibility index (Phi) is 15.6. The monoisotopic (exact) mass is 889 g/mol. The number of anilines is 5. The number of nitrogens with zero attached hydrogens (tertiary/aromatic N) is 5. The van der Waals surface area contributed by atoms with Gasteiger partial charge in [-0.2, -0.15) is 4.98 Å². The number of aromatic nitrogens is 2. The van der Waals surface area contributed by atoms with Crippen LogP contribution in [-0.2, 0) is 20.9 Å². The minimum absolute atomic E-state index is 0.0665. The van der Waals surface area contributed by atoms with Crippen molar-refractivity contribution in [1.82, 2.24) is 41.0 Å². The highest BCUT2D eigenvalue weighted by Gasteiger charge is 2.39. The molecule has 1 atom stereocenters. The lowest BCUT2D eigenvalue weighted by Gasteiger charge is -2.36. The normalized spacial score (nSPS) is 15.8. The van der Waals surface area contributed by atoms with E-state index in [1.807, 2.05) is 47.4 Å². The van der Waals surface area contributed by atoms with Gasteiger partial charge in [-0.3, -0.25) is 24.5 Å². The largest absolute Gasteiger partial charge is 0.381 e. The number of amides is 6. The number of carbonyl (C=O) groups excluding carboxylic acids is 5. The molecule has 3 aromatic carbocycles. The molecular weight excluding hydrogens is 838 g/mol. The molecular formula is C46H52ClN11O6. The van der Waals surface area contributed by atoms with E-state index >= 15 is 0 Å². The summed E-state index contributed by atoms with van der Waals surface area (Å²) in [6.07, 6.45) is 4.32. The lowest BCUT2D eigenvalue weighted by Crippen LogP contribution is -2.52. The average Bonchev–Trinajstić information content (AvgIpc) is 3.63. The predicted octanol–water partition coefficient (Wildman–Crippen LogP) is 4.40. The number of imide groups is 1. The number of para-hydroxylation sites is 1. The molecule has 64 heavy (non-hydrogen) atoms. The van der Waals surface area contributed by atoms with E-state index in [0.29, 0.717) is 98.9 Å². The maximum Gasteiger partial charge on any atom is 0.317 e. The molecule has 0 spiro atoms. The van der Waals surface area contributed by atoms with E-state index in [1.54, 1.807) is 31.3 Å². The van der Waals surface area contributed by atoms with E-state index in [4.69, 9.17) is 16.3 Å². The van der Waals surface area contributed by atoms with Gasteiger partial charge in [-0.15, -0.1) is 0 Å². The minimum Gasteiger partial charge on any atom is -0.381 e. The quantitative estimate of drug-likeness (QED) is 0.0497. The minimum atomic E-state index is -0.630. The van der Waals surface area contributed by atoms with E-state index in [-0.39, 0.29) is 30.2 Å². The second kappa shape index (κ2) is 22.1. The molecule has 6 amide bonds. The summed E-state index contributed by atoms with van der Waals surface area (Å²) < 4.78 is 5.76. The van der Waals surface area contributed by atoms with Crippen LogP contribution in [0.5, 0.6) is 0 Å². The van der Waals surface area contributed by atoms with Gasteiger partial charge in [0.25, 0.3) is 11.8 Å². The third kappa shape index (κ3) is 11.8. The molecule has 3 aliphatic rings. The summed E-state index contributed by atoms with van der Waals surface area (Å²) in [7, 11) is 1.57. The summed E-state index contributed by atoms with van der Waals surface area (Å²) in [6.45, 7) is 6.26. The molecule has 18 heteroatoms. The standard InChI is InChI=1S/C46H52ClN11O6/c1-48-42(60)36-9-2-3-10-38(36)53-41-37(47)29-51-45(55-41)52-33-12-14-34(15-13-33)56-22-24-57(25-23-56)46(63)50-21-7-27-64-26-6-20-49-19-5-4-8-31-11-16-35-32(28-31)30-58(44(35)62)39-17-18-40(59)54-43(39)61/h2-3,9-16,28-29,39,49H,5-7,17-27,30H2,1H3,(H,48,60)(H,50,63)(H,54,59,61)(H2,51,52,53,55). The molecule has 2 saturated heterocycles. The third-order valence-corrected chi connectivity index (χ3v) is 11.3. The number of urea groups is 1. The van der Waals surface area contributed by atoms with Crippen LogP contribution in [0, 0.1) is 11.8 Å². The SMILES string of the molecule is CNC(=O)c1ccccc1Nc1nc(Nc2ccc(N3CCN(C(=O)NCCCOCCCNCCC#Cc4ccc5c(c4)CN(C4CCC(=O)NC4=O)C5=O)CC3)cc2)ncc1Cl. The average molecular weight is 890 g/mol. The zero-order chi connectivity index (χ0) is 44.8. The first kappa shape index (κ1) is 45.3. The fourth-order valence-electron chi connectivity index (χ4n) is 7.60. The van der Waals surface area contributed by atoms with Crippen LogP contribution in [0.25, 0.3) is 0 Å². The highest BCUT2D eigenvalue weighted by Crippen LogP contribution is 2.29. The van der Waals surface area contributed by atoms with E-state index in [0.717, 1.165) is 48.4 Å². The molecule has 4 heterocycles. The maximum absolute atomic E-state index is 12.9. The summed E-state index contributed by atoms with van der Waals surface area (Å²) in [5, 5.41) is 18.0. The number of hydrogen-bond donors (Lipinski definition) is 6. The Hall–Kier alpha value is -6.74. The summed E-state index contributed by atoms with van der Waals surface area (Å²) in [6, 6.07) is 19.8. The number of piperazine rings is 1. The Bertz CT molecular complexity index is 2400. The van der Waals surface area contributed by atoms with Crippen molar-refractivity contribution in [1.29, 1.82) is 0 Å². The number of nitrogens with one attached hydrogen (secondary N) is 6. The topological polar surface area (TPSA) is 202 Å². The van der Waals surface area contributed by atoms with Crippen molar-refractivity contribution in [3.63, 3.8) is 0 Å². The van der Waals surface area contributed by atoms with Crippen LogP contribution in [0.1, 0.15) is 63.9 Å². The number of benzene rings is 3. The number of fused-ring (bicyclic) bond motifs is 1. The molecule has 3 aliphatic heterocycles. The molecule has 1 aromatic heterocycles. The number of ether oxygens (including phenoxy) is 1. The Morgan fingerprint density at radius 3 is 2.50 bits per heavy atom. The fraction of sp³-hybridized carbons (Fsp3) is 0.370. The summed E-state index contributed by atoms with van der Waals surface area (Å²) in [5.41, 5.74) is 5.10. The van der Waals surface area contributed by atoms with Gasteiger partial charge in [0.1, 0.15) is 11.1 Å². The van der Waals surface area contributed by atoms with Crippen LogP contribution in [-0.4, -0.2) is 122 Å². The Morgan fingerprint density at radius 2 is 1.72 bits per heavy atom. The first-order chi connectivity index (χ1) is 31.2. The van der Waals surface area contributed by atoms with Crippen LogP contribution in [0.15, 0.2) is 72.9 Å². The molecule has 0 aliphatic carbocycles. The van der Waals surface area contributed by atoms with Crippen molar-refractivity contribution in [2.75, 3.05) is 81.6 Å². The highest BCUT2D eigenvalue weighted by molar-refractivity contribution is 6.33. The van der Waals surface area contributed by atoms with E-state index in [2.05, 4.69) is 58.6 Å². The zero-order valence-corrected chi connectivity index (χ0v) is 36.4. The summed E-state index contributed by atoms with van der Waals surface area (Å²) >= 11 is 6.39.